The number of H-pyrrole nitrogens is 1. The van der Waals surface area contributed by atoms with Crippen LogP contribution in [0.4, 0.5) is 5.95 Å². The third kappa shape index (κ3) is 5.73. The first-order valence-electron chi connectivity index (χ1n) is 10.3. The van der Waals surface area contributed by atoms with E-state index in [0.29, 0.717) is 29.4 Å². The largest absolute Gasteiger partial charge is 0.493 e. The fourth-order valence-electron chi connectivity index (χ4n) is 3.23. The molecule has 3 N–H and O–H groups in total. The number of aromatic nitrogens is 2. The van der Waals surface area contributed by atoms with Crippen LogP contribution in [0.3, 0.4) is 0 Å². The molecule has 0 aliphatic heterocycles. The molecule has 0 atom stereocenters. The van der Waals surface area contributed by atoms with Gasteiger partial charge in [0.25, 0.3) is 5.56 Å². The Labute approximate surface area is 187 Å². The van der Waals surface area contributed by atoms with Gasteiger partial charge in [-0.1, -0.05) is 23.8 Å². The van der Waals surface area contributed by atoms with Gasteiger partial charge in [0.2, 0.25) is 5.95 Å². The SMILES string of the molecule is COc1cc(/C=N\Nc2nc(C)c(CCO)c(=O)[nH]2)ccc1OCc1cc(C)ccc1C. The van der Waals surface area contributed by atoms with Crippen LogP contribution in [0.25, 0.3) is 0 Å². The topological polar surface area (TPSA) is 109 Å². The maximum Gasteiger partial charge on any atom is 0.255 e. The summed E-state index contributed by atoms with van der Waals surface area (Å²) in [7, 11) is 1.59. The Balaban J connectivity index is 1.68. The lowest BCUT2D eigenvalue weighted by Gasteiger charge is -2.13. The van der Waals surface area contributed by atoms with E-state index in [4.69, 9.17) is 14.6 Å². The molecule has 0 saturated carbocycles. The summed E-state index contributed by atoms with van der Waals surface area (Å²) in [6.07, 6.45) is 1.85. The number of benzene rings is 2. The predicted octanol–water partition coefficient (Wildman–Crippen LogP) is 3.26. The van der Waals surface area contributed by atoms with Gasteiger partial charge in [0.05, 0.1) is 19.0 Å². The molecule has 0 fully saturated rings. The molecule has 168 valence electrons. The molecular weight excluding hydrogens is 408 g/mol. The van der Waals surface area contributed by atoms with Crippen LogP contribution in [0.2, 0.25) is 0 Å². The molecule has 0 bridgehead atoms. The van der Waals surface area contributed by atoms with Crippen LogP contribution in [0.1, 0.15) is 33.5 Å². The zero-order valence-corrected chi connectivity index (χ0v) is 18.7. The first kappa shape index (κ1) is 23.0. The van der Waals surface area contributed by atoms with E-state index < -0.39 is 0 Å². The number of methoxy groups -OCH3 is 1. The van der Waals surface area contributed by atoms with E-state index in [1.54, 1.807) is 20.2 Å². The lowest BCUT2D eigenvalue weighted by Crippen LogP contribution is -2.19. The van der Waals surface area contributed by atoms with E-state index in [1.165, 1.54) is 11.1 Å². The molecule has 3 rings (SSSR count). The van der Waals surface area contributed by atoms with E-state index >= 15 is 0 Å². The van der Waals surface area contributed by atoms with E-state index in [-0.39, 0.29) is 24.5 Å². The normalized spacial score (nSPS) is 11.0. The molecule has 8 heteroatoms. The number of aliphatic hydroxyl groups excluding tert-OH is 1. The average molecular weight is 437 g/mol. The Morgan fingerprint density at radius 1 is 1.16 bits per heavy atom. The average Bonchev–Trinajstić information content (AvgIpc) is 2.77. The van der Waals surface area contributed by atoms with Crippen LogP contribution in [0.5, 0.6) is 11.5 Å². The van der Waals surface area contributed by atoms with Crippen molar-refractivity contribution in [3.8, 4) is 11.5 Å². The number of aliphatic hydroxyl groups is 1. The van der Waals surface area contributed by atoms with Crippen LogP contribution in [0, 0.1) is 20.8 Å². The van der Waals surface area contributed by atoms with Crippen molar-refractivity contribution in [1.29, 1.82) is 0 Å². The maximum atomic E-state index is 12.1. The van der Waals surface area contributed by atoms with Crippen molar-refractivity contribution < 1.29 is 14.6 Å². The summed E-state index contributed by atoms with van der Waals surface area (Å²) in [5, 5.41) is 13.2. The molecule has 0 amide bonds. The monoisotopic (exact) mass is 436 g/mol. The quantitative estimate of drug-likeness (QED) is 0.351. The van der Waals surface area contributed by atoms with Gasteiger partial charge in [-0.15, -0.1) is 0 Å². The molecule has 0 unspecified atom stereocenters. The Hall–Kier alpha value is -3.65. The van der Waals surface area contributed by atoms with E-state index in [1.807, 2.05) is 18.2 Å². The van der Waals surface area contributed by atoms with Gasteiger partial charge in [-0.3, -0.25) is 9.78 Å². The third-order valence-electron chi connectivity index (χ3n) is 5.04. The van der Waals surface area contributed by atoms with Gasteiger partial charge in [-0.2, -0.15) is 5.10 Å². The van der Waals surface area contributed by atoms with Crippen LogP contribution in [-0.2, 0) is 13.0 Å². The van der Waals surface area contributed by atoms with Crippen molar-refractivity contribution in [3.05, 3.63) is 80.3 Å². The number of nitrogens with one attached hydrogen (secondary N) is 2. The van der Waals surface area contributed by atoms with E-state index in [0.717, 1.165) is 11.1 Å². The highest BCUT2D eigenvalue weighted by Gasteiger charge is 2.08. The maximum absolute atomic E-state index is 12.1. The smallest absolute Gasteiger partial charge is 0.255 e. The second kappa shape index (κ2) is 10.6. The molecular formula is C24H28N4O4. The molecule has 32 heavy (non-hydrogen) atoms. The first-order valence-corrected chi connectivity index (χ1v) is 10.3. The summed E-state index contributed by atoms with van der Waals surface area (Å²) in [6, 6.07) is 11.8. The van der Waals surface area contributed by atoms with E-state index in [9.17, 15) is 4.79 Å². The number of hydrazone groups is 1. The Bertz CT molecular complexity index is 1170. The Kier molecular flexibility index (Phi) is 7.62. The third-order valence-corrected chi connectivity index (χ3v) is 5.04. The second-order valence-corrected chi connectivity index (χ2v) is 7.45. The molecule has 8 nitrogen and oxygen atoms in total. The minimum Gasteiger partial charge on any atom is -0.493 e. The molecule has 0 aliphatic carbocycles. The summed E-state index contributed by atoms with van der Waals surface area (Å²) < 4.78 is 11.5. The highest BCUT2D eigenvalue weighted by molar-refractivity contribution is 5.81. The van der Waals surface area contributed by atoms with Crippen molar-refractivity contribution in [2.24, 2.45) is 5.10 Å². The molecule has 1 heterocycles. The zero-order chi connectivity index (χ0) is 23.1. The van der Waals surface area contributed by atoms with E-state index in [2.05, 4.69) is 52.5 Å². The number of nitrogens with zero attached hydrogens (tertiary/aromatic N) is 2. The molecule has 3 aromatic rings. The number of rotatable bonds is 9. The summed E-state index contributed by atoms with van der Waals surface area (Å²) in [5.41, 5.74) is 7.71. The number of anilines is 1. The van der Waals surface area contributed by atoms with Crippen molar-refractivity contribution in [2.75, 3.05) is 19.1 Å². The summed E-state index contributed by atoms with van der Waals surface area (Å²) in [6.45, 7) is 6.18. The molecule has 2 aromatic carbocycles. The van der Waals surface area contributed by atoms with Gasteiger partial charge < -0.3 is 14.6 Å². The number of aryl methyl sites for hydroxylation is 3. The number of hydrogen-bond acceptors (Lipinski definition) is 7. The Morgan fingerprint density at radius 2 is 1.97 bits per heavy atom. The van der Waals surface area contributed by atoms with Crippen molar-refractivity contribution in [2.45, 2.75) is 33.8 Å². The Morgan fingerprint density at radius 3 is 2.69 bits per heavy atom. The van der Waals surface area contributed by atoms with Crippen LogP contribution >= 0.6 is 0 Å². The lowest BCUT2D eigenvalue weighted by atomic mass is 10.1. The summed E-state index contributed by atoms with van der Waals surface area (Å²) in [4.78, 5) is 19.0. The van der Waals surface area contributed by atoms with Gasteiger partial charge in [-0.25, -0.2) is 10.4 Å². The second-order valence-electron chi connectivity index (χ2n) is 7.45. The summed E-state index contributed by atoms with van der Waals surface area (Å²) in [5.74, 6) is 1.46. The first-order chi connectivity index (χ1) is 15.4. The molecule has 0 saturated heterocycles. The van der Waals surface area contributed by atoms with Crippen molar-refractivity contribution in [1.82, 2.24) is 9.97 Å². The van der Waals surface area contributed by atoms with Crippen molar-refractivity contribution in [3.63, 3.8) is 0 Å². The molecule has 0 aliphatic rings. The minimum absolute atomic E-state index is 0.108. The standard InChI is InChI=1S/C24H28N4O4/c1-15-5-6-16(2)19(11-15)14-32-21-8-7-18(12-22(21)31-4)13-25-28-24-26-17(3)20(9-10-29)23(30)27-24/h5-8,11-13,29H,9-10,14H2,1-4H3,(H2,26,27,28,30)/b25-13-. The summed E-state index contributed by atoms with van der Waals surface area (Å²) >= 11 is 0. The van der Waals surface area contributed by atoms with Crippen LogP contribution in [-0.4, -0.2) is 35.0 Å². The molecule has 0 spiro atoms. The lowest BCUT2D eigenvalue weighted by molar-refractivity contribution is 0.284. The highest BCUT2D eigenvalue weighted by atomic mass is 16.5. The van der Waals surface area contributed by atoms with Crippen LogP contribution in [0.15, 0.2) is 46.3 Å². The molecule has 1 aromatic heterocycles. The van der Waals surface area contributed by atoms with Gasteiger partial charge in [0.1, 0.15) is 6.61 Å². The minimum atomic E-state index is -0.295. The number of aromatic amines is 1. The highest BCUT2D eigenvalue weighted by Crippen LogP contribution is 2.28. The number of ether oxygens (including phenoxy) is 2. The molecule has 0 radical (unpaired) electrons. The van der Waals surface area contributed by atoms with Gasteiger partial charge in [0, 0.05) is 18.6 Å². The fraction of sp³-hybridized carbons (Fsp3) is 0.292. The van der Waals surface area contributed by atoms with Gasteiger partial charge >= 0.3 is 0 Å². The predicted molar refractivity (Wildman–Crippen MR) is 125 cm³/mol. The van der Waals surface area contributed by atoms with Gasteiger partial charge in [-0.05, 0) is 55.7 Å². The number of hydrogen-bond donors (Lipinski definition) is 3. The van der Waals surface area contributed by atoms with Crippen LogP contribution < -0.4 is 20.5 Å². The van der Waals surface area contributed by atoms with Crippen molar-refractivity contribution >= 4 is 12.2 Å². The fourth-order valence-corrected chi connectivity index (χ4v) is 3.23. The zero-order valence-electron chi connectivity index (χ0n) is 18.7. The van der Waals surface area contributed by atoms with Gasteiger partial charge in [0.15, 0.2) is 11.5 Å².